The molecule has 4 fully saturated rings. The third-order valence-electron chi connectivity index (χ3n) is 9.61. The number of aliphatic hydroxyl groups is 1. The van der Waals surface area contributed by atoms with Gasteiger partial charge in [-0.1, -0.05) is 19.1 Å². The minimum absolute atomic E-state index is 0.00373. The van der Waals surface area contributed by atoms with Crippen LogP contribution in [0.15, 0.2) is 25.3 Å². The molecular formula is C31H49N3O7. The molecule has 230 valence electrons. The monoisotopic (exact) mass is 575 g/mol. The highest BCUT2D eigenvalue weighted by Gasteiger charge is 2.80. The maximum Gasteiger partial charge on any atom is 0.312 e. The number of aliphatic hydroxyl groups excluding tert-OH is 1. The van der Waals surface area contributed by atoms with Gasteiger partial charge in [-0.25, -0.2) is 0 Å². The normalized spacial score (nSPS) is 32.7. The number of hydrogen-bond acceptors (Lipinski definition) is 8. The van der Waals surface area contributed by atoms with Crippen LogP contribution >= 0.6 is 0 Å². The summed E-state index contributed by atoms with van der Waals surface area (Å²) < 4.78 is 18.0. The molecule has 6 atom stereocenters. The largest absolute Gasteiger partial charge is 0.465 e. The molecule has 1 spiro atoms. The molecule has 1 N–H and O–H groups in total. The van der Waals surface area contributed by atoms with Gasteiger partial charge in [-0.3, -0.25) is 19.3 Å². The van der Waals surface area contributed by atoms with Gasteiger partial charge in [0.1, 0.15) is 17.6 Å². The van der Waals surface area contributed by atoms with Crippen LogP contribution in [0.3, 0.4) is 0 Å². The first kappa shape index (κ1) is 31.7. The molecule has 0 aliphatic carbocycles. The summed E-state index contributed by atoms with van der Waals surface area (Å²) in [6.07, 6.45) is 7.57. The number of fused-ring (bicyclic) bond motifs is 1. The van der Waals surface area contributed by atoms with Gasteiger partial charge in [0, 0.05) is 45.9 Å². The number of amides is 2. The van der Waals surface area contributed by atoms with E-state index >= 15 is 0 Å². The summed E-state index contributed by atoms with van der Waals surface area (Å²) in [5.41, 5.74) is -2.00. The average molecular weight is 576 g/mol. The minimum Gasteiger partial charge on any atom is -0.465 e. The number of carbonyl (C=O) groups is 3. The molecule has 4 aliphatic heterocycles. The third-order valence-corrected chi connectivity index (χ3v) is 9.61. The van der Waals surface area contributed by atoms with Crippen molar-refractivity contribution in [2.24, 2.45) is 17.8 Å². The summed E-state index contributed by atoms with van der Waals surface area (Å²) in [4.78, 5) is 48.0. The summed E-state index contributed by atoms with van der Waals surface area (Å²) in [5, 5.41) is 9.42. The zero-order chi connectivity index (χ0) is 29.6. The van der Waals surface area contributed by atoms with E-state index in [9.17, 15) is 19.5 Å². The molecule has 4 aliphatic rings. The van der Waals surface area contributed by atoms with Gasteiger partial charge in [0.25, 0.3) is 0 Å². The predicted octanol–water partition coefficient (Wildman–Crippen LogP) is 2.02. The Balaban J connectivity index is 1.61. The van der Waals surface area contributed by atoms with Gasteiger partial charge in [0.2, 0.25) is 11.8 Å². The van der Waals surface area contributed by atoms with E-state index in [1.165, 1.54) is 0 Å². The molecular weight excluding hydrogens is 526 g/mol. The number of esters is 1. The molecule has 3 unspecified atom stereocenters. The fourth-order valence-electron chi connectivity index (χ4n) is 7.37. The molecule has 10 nitrogen and oxygen atoms in total. The van der Waals surface area contributed by atoms with E-state index in [-0.39, 0.29) is 30.9 Å². The number of nitrogens with zero attached hydrogens (tertiary/aromatic N) is 3. The van der Waals surface area contributed by atoms with Crippen LogP contribution in [0, 0.1) is 17.8 Å². The van der Waals surface area contributed by atoms with Crippen LogP contribution < -0.4 is 0 Å². The Bertz CT molecular complexity index is 969. The Morgan fingerprint density at radius 3 is 2.59 bits per heavy atom. The zero-order valence-corrected chi connectivity index (χ0v) is 24.9. The van der Waals surface area contributed by atoms with Gasteiger partial charge >= 0.3 is 5.97 Å². The summed E-state index contributed by atoms with van der Waals surface area (Å²) in [6, 6.07) is -0.849. The predicted molar refractivity (Wildman–Crippen MR) is 154 cm³/mol. The standard InChI is InChI=1S/C31H49N3O7/c1-5-7-8-11-19-40-29(38)25-24-27(36)34(13-9-10-18-35)26(31(24)22-23(3)30(25,4)41-31)28(37)33(12-6-2)15-14-32-16-20-39-21-17-32/h5-6,23-26,35H,1-2,7-22H2,3-4H3/t23?,24-,25+,26?,30-,31?/m0/s1. The fraction of sp³-hybridized carbons (Fsp3) is 0.774. The van der Waals surface area contributed by atoms with Crippen LogP contribution in [0.25, 0.3) is 0 Å². The molecule has 41 heavy (non-hydrogen) atoms. The molecule has 4 rings (SSSR count). The lowest BCUT2D eigenvalue weighted by Crippen LogP contribution is -2.57. The minimum atomic E-state index is -1.10. The van der Waals surface area contributed by atoms with Crippen molar-refractivity contribution in [2.75, 3.05) is 65.7 Å². The molecule has 0 aromatic heterocycles. The lowest BCUT2D eigenvalue weighted by molar-refractivity contribution is -0.162. The van der Waals surface area contributed by atoms with Crippen molar-refractivity contribution >= 4 is 17.8 Å². The molecule has 0 radical (unpaired) electrons. The van der Waals surface area contributed by atoms with Crippen LogP contribution in [0.4, 0.5) is 0 Å². The van der Waals surface area contributed by atoms with Gasteiger partial charge in [-0.2, -0.15) is 0 Å². The van der Waals surface area contributed by atoms with Crippen LogP contribution in [0.2, 0.25) is 0 Å². The Labute approximate surface area is 244 Å². The van der Waals surface area contributed by atoms with E-state index in [4.69, 9.17) is 14.2 Å². The first-order valence-electron chi connectivity index (χ1n) is 15.3. The molecule has 2 bridgehead atoms. The molecule has 10 heteroatoms. The lowest BCUT2D eigenvalue weighted by Gasteiger charge is -2.38. The number of likely N-dealkylation sites (tertiary alicyclic amines) is 1. The third kappa shape index (κ3) is 6.12. The second-order valence-electron chi connectivity index (χ2n) is 12.1. The van der Waals surface area contributed by atoms with Crippen molar-refractivity contribution < 1.29 is 33.7 Å². The topological polar surface area (TPSA) is 109 Å². The van der Waals surface area contributed by atoms with Crippen molar-refractivity contribution in [2.45, 2.75) is 69.6 Å². The Morgan fingerprint density at radius 2 is 1.90 bits per heavy atom. The van der Waals surface area contributed by atoms with E-state index in [1.54, 1.807) is 15.9 Å². The number of allylic oxidation sites excluding steroid dienone is 1. The smallest absolute Gasteiger partial charge is 0.312 e. The fourth-order valence-corrected chi connectivity index (χ4v) is 7.37. The first-order valence-corrected chi connectivity index (χ1v) is 15.3. The maximum atomic E-state index is 14.5. The van der Waals surface area contributed by atoms with Crippen LogP contribution in [-0.4, -0.2) is 121 Å². The van der Waals surface area contributed by atoms with Crippen LogP contribution in [0.1, 0.15) is 52.4 Å². The Kier molecular flexibility index (Phi) is 10.7. The van der Waals surface area contributed by atoms with E-state index in [1.807, 2.05) is 19.9 Å². The second kappa shape index (κ2) is 13.8. The summed E-state index contributed by atoms with van der Waals surface area (Å²) in [6.45, 7) is 16.7. The number of unbranched alkanes of at least 4 members (excludes halogenated alkanes) is 3. The quantitative estimate of drug-likeness (QED) is 0.169. The molecule has 4 heterocycles. The summed E-state index contributed by atoms with van der Waals surface area (Å²) in [7, 11) is 0. The maximum absolute atomic E-state index is 14.5. The lowest BCUT2D eigenvalue weighted by atomic mass is 9.62. The van der Waals surface area contributed by atoms with Gasteiger partial charge in [0.15, 0.2) is 0 Å². The van der Waals surface area contributed by atoms with Crippen molar-refractivity contribution in [3.63, 3.8) is 0 Å². The van der Waals surface area contributed by atoms with E-state index < -0.39 is 35.0 Å². The summed E-state index contributed by atoms with van der Waals surface area (Å²) in [5.74, 6) is -2.42. The number of ether oxygens (including phenoxy) is 3. The van der Waals surface area contributed by atoms with Crippen molar-refractivity contribution in [1.29, 1.82) is 0 Å². The number of rotatable bonds is 16. The van der Waals surface area contributed by atoms with E-state index in [0.717, 1.165) is 32.4 Å². The Hall–Kier alpha value is -2.27. The van der Waals surface area contributed by atoms with Crippen molar-refractivity contribution in [1.82, 2.24) is 14.7 Å². The highest BCUT2D eigenvalue weighted by atomic mass is 16.6. The molecule has 0 aromatic rings. The summed E-state index contributed by atoms with van der Waals surface area (Å²) >= 11 is 0. The zero-order valence-electron chi connectivity index (χ0n) is 24.9. The number of morpholine rings is 1. The Morgan fingerprint density at radius 1 is 1.15 bits per heavy atom. The first-order chi connectivity index (χ1) is 19.7. The van der Waals surface area contributed by atoms with E-state index in [2.05, 4.69) is 18.1 Å². The van der Waals surface area contributed by atoms with Gasteiger partial charge in [-0.15, -0.1) is 13.2 Å². The SMILES string of the molecule is C=CCCCCOC(=O)[C@H]1[C@H]2C(=O)N(CCCCO)C(C(=O)N(CC=C)CCN3CCOCC3)C23CC(C)[C@]1(C)O3. The van der Waals surface area contributed by atoms with Gasteiger partial charge in [0.05, 0.1) is 31.3 Å². The van der Waals surface area contributed by atoms with E-state index in [0.29, 0.717) is 58.7 Å². The van der Waals surface area contributed by atoms with Crippen LogP contribution in [0.5, 0.6) is 0 Å². The van der Waals surface area contributed by atoms with Gasteiger partial charge < -0.3 is 29.1 Å². The molecule has 0 saturated carbocycles. The molecule has 2 amide bonds. The number of carbonyl (C=O) groups excluding carboxylic acids is 3. The molecule has 0 aromatic carbocycles. The number of hydrogen-bond donors (Lipinski definition) is 1. The van der Waals surface area contributed by atoms with Gasteiger partial charge in [-0.05, 0) is 51.4 Å². The van der Waals surface area contributed by atoms with Crippen LogP contribution in [-0.2, 0) is 28.6 Å². The highest BCUT2D eigenvalue weighted by Crippen LogP contribution is 2.65. The van der Waals surface area contributed by atoms with Crippen molar-refractivity contribution in [3.8, 4) is 0 Å². The molecule has 4 saturated heterocycles. The second-order valence-corrected chi connectivity index (χ2v) is 12.1. The highest BCUT2D eigenvalue weighted by molar-refractivity contribution is 5.98. The average Bonchev–Trinajstić information content (AvgIpc) is 3.47. The van der Waals surface area contributed by atoms with Crippen molar-refractivity contribution in [3.05, 3.63) is 25.3 Å².